The Morgan fingerprint density at radius 3 is 2.57 bits per heavy atom. The molecule has 4 nitrogen and oxygen atoms in total. The van der Waals surface area contributed by atoms with Crippen LogP contribution in [0.4, 0.5) is 4.39 Å². The molecule has 1 heterocycles. The second-order valence-corrected chi connectivity index (χ2v) is 7.05. The number of carboxylic acid groups (broad SMARTS) is 1. The van der Waals surface area contributed by atoms with Gasteiger partial charge in [-0.3, -0.25) is 9.78 Å². The number of ether oxygens (including phenoxy) is 1. The van der Waals surface area contributed by atoms with Gasteiger partial charge in [-0.25, -0.2) is 4.39 Å². The Kier molecular flexibility index (Phi) is 5.44. The van der Waals surface area contributed by atoms with Crippen molar-refractivity contribution in [1.82, 2.24) is 4.98 Å². The normalized spacial score (nSPS) is 11.9. The predicted molar refractivity (Wildman–Crippen MR) is 114 cm³/mol. The third kappa shape index (κ3) is 3.87. The number of methoxy groups -OCH3 is 1. The van der Waals surface area contributed by atoms with E-state index >= 15 is 0 Å². The van der Waals surface area contributed by atoms with Crippen molar-refractivity contribution < 1.29 is 19.0 Å². The molecule has 0 fully saturated rings. The molecule has 1 atom stereocenters. The highest BCUT2D eigenvalue weighted by Gasteiger charge is 2.22. The molecule has 5 heteroatoms. The van der Waals surface area contributed by atoms with Gasteiger partial charge in [0.1, 0.15) is 11.6 Å². The van der Waals surface area contributed by atoms with Crippen LogP contribution in [0.2, 0.25) is 0 Å². The Hall–Kier alpha value is -3.73. The molecule has 0 aliphatic carbocycles. The molecule has 0 saturated carbocycles. The molecule has 150 valence electrons. The number of carbonyl (C=O) groups is 1. The van der Waals surface area contributed by atoms with E-state index in [9.17, 15) is 14.3 Å². The molecule has 0 bridgehead atoms. The Bertz CT molecular complexity index is 1200. The Labute approximate surface area is 173 Å². The van der Waals surface area contributed by atoms with Crippen molar-refractivity contribution in [2.75, 3.05) is 7.11 Å². The van der Waals surface area contributed by atoms with Gasteiger partial charge in [0.15, 0.2) is 0 Å². The lowest BCUT2D eigenvalue weighted by atomic mass is 9.90. The van der Waals surface area contributed by atoms with E-state index in [1.807, 2.05) is 54.6 Å². The molecule has 0 aliphatic rings. The minimum Gasteiger partial charge on any atom is -0.496 e. The van der Waals surface area contributed by atoms with Crippen molar-refractivity contribution in [1.29, 1.82) is 0 Å². The van der Waals surface area contributed by atoms with Crippen LogP contribution in [-0.4, -0.2) is 23.2 Å². The zero-order valence-corrected chi connectivity index (χ0v) is 16.4. The van der Waals surface area contributed by atoms with Gasteiger partial charge >= 0.3 is 5.97 Å². The smallest absolute Gasteiger partial charge is 0.311 e. The number of halogens is 1. The van der Waals surface area contributed by atoms with Gasteiger partial charge in [-0.05, 0) is 59.0 Å². The first-order chi connectivity index (χ1) is 14.6. The minimum absolute atomic E-state index is 0.322. The number of hydrogen-bond donors (Lipinski definition) is 1. The highest BCUT2D eigenvalue weighted by Crippen LogP contribution is 2.31. The molecule has 30 heavy (non-hydrogen) atoms. The van der Waals surface area contributed by atoms with Crippen LogP contribution >= 0.6 is 0 Å². The second kappa shape index (κ2) is 8.33. The zero-order valence-electron chi connectivity index (χ0n) is 16.4. The van der Waals surface area contributed by atoms with Crippen molar-refractivity contribution in [2.24, 2.45) is 0 Å². The summed E-state index contributed by atoms with van der Waals surface area (Å²) in [6, 6.07) is 21.1. The summed E-state index contributed by atoms with van der Waals surface area (Å²) in [5, 5.41) is 10.5. The molecule has 0 amide bonds. The van der Waals surface area contributed by atoms with Gasteiger partial charge in [-0.15, -0.1) is 0 Å². The largest absolute Gasteiger partial charge is 0.496 e. The fourth-order valence-electron chi connectivity index (χ4n) is 3.70. The molecule has 0 spiro atoms. The lowest BCUT2D eigenvalue weighted by Gasteiger charge is -2.16. The number of benzene rings is 3. The summed E-state index contributed by atoms with van der Waals surface area (Å²) in [5.41, 5.74) is 3.96. The monoisotopic (exact) mass is 401 g/mol. The average molecular weight is 401 g/mol. The van der Waals surface area contributed by atoms with E-state index in [1.165, 1.54) is 12.1 Å². The Morgan fingerprint density at radius 2 is 1.83 bits per heavy atom. The molecule has 0 unspecified atom stereocenters. The van der Waals surface area contributed by atoms with Gasteiger partial charge in [-0.1, -0.05) is 42.5 Å². The Balaban J connectivity index is 1.68. The quantitative estimate of drug-likeness (QED) is 0.466. The summed E-state index contributed by atoms with van der Waals surface area (Å²) < 4.78 is 19.1. The van der Waals surface area contributed by atoms with Crippen LogP contribution in [0, 0.1) is 5.82 Å². The van der Waals surface area contributed by atoms with Gasteiger partial charge in [0.2, 0.25) is 0 Å². The zero-order chi connectivity index (χ0) is 21.1. The van der Waals surface area contributed by atoms with E-state index < -0.39 is 11.9 Å². The maximum Gasteiger partial charge on any atom is 0.311 e. The van der Waals surface area contributed by atoms with Crippen LogP contribution in [-0.2, 0) is 11.2 Å². The van der Waals surface area contributed by atoms with Crippen LogP contribution in [0.25, 0.3) is 22.0 Å². The maximum absolute atomic E-state index is 13.8. The number of aromatic nitrogens is 1. The van der Waals surface area contributed by atoms with Crippen LogP contribution in [0.1, 0.15) is 17.0 Å². The van der Waals surface area contributed by atoms with E-state index in [0.717, 1.165) is 16.7 Å². The third-order valence-corrected chi connectivity index (χ3v) is 5.24. The third-order valence-electron chi connectivity index (χ3n) is 5.24. The average Bonchev–Trinajstić information content (AvgIpc) is 2.77. The molecule has 4 rings (SSSR count). The summed E-state index contributed by atoms with van der Waals surface area (Å²) >= 11 is 0. The van der Waals surface area contributed by atoms with Crippen LogP contribution in [0.15, 0.2) is 79.0 Å². The number of aliphatic carboxylic acids is 1. The van der Waals surface area contributed by atoms with Gasteiger partial charge in [0.05, 0.1) is 18.5 Å². The Morgan fingerprint density at radius 1 is 1.07 bits per heavy atom. The molecule has 4 aromatic rings. The minimum atomic E-state index is -0.898. The highest BCUT2D eigenvalue weighted by atomic mass is 19.1. The molecule has 0 radical (unpaired) electrons. The van der Waals surface area contributed by atoms with Crippen molar-refractivity contribution >= 4 is 16.9 Å². The van der Waals surface area contributed by atoms with Crippen molar-refractivity contribution in [3.8, 4) is 16.9 Å². The molecular weight excluding hydrogens is 381 g/mol. The summed E-state index contributed by atoms with van der Waals surface area (Å²) in [7, 11) is 1.57. The fourth-order valence-corrected chi connectivity index (χ4v) is 3.70. The van der Waals surface area contributed by atoms with Crippen molar-refractivity contribution in [2.45, 2.75) is 12.3 Å². The number of pyridine rings is 1. The van der Waals surface area contributed by atoms with E-state index in [0.29, 0.717) is 28.6 Å². The second-order valence-electron chi connectivity index (χ2n) is 7.05. The van der Waals surface area contributed by atoms with Crippen molar-refractivity contribution in [3.05, 3.63) is 95.9 Å². The first kappa shape index (κ1) is 19.6. The first-order valence-electron chi connectivity index (χ1n) is 9.56. The van der Waals surface area contributed by atoms with Crippen LogP contribution in [0.3, 0.4) is 0 Å². The SMILES string of the molecule is COc1ccccc1C[C@@H](C(=O)O)c1ccc(-c2ccnc3ccc(F)cc23)cc1. The van der Waals surface area contributed by atoms with E-state index in [2.05, 4.69) is 4.98 Å². The first-order valence-corrected chi connectivity index (χ1v) is 9.56. The number of fused-ring (bicyclic) bond motifs is 1. The molecule has 1 N–H and O–H groups in total. The summed E-state index contributed by atoms with van der Waals surface area (Å²) in [6.45, 7) is 0. The number of nitrogens with zero attached hydrogens (tertiary/aromatic N) is 1. The van der Waals surface area contributed by atoms with Gasteiger partial charge < -0.3 is 9.84 Å². The summed E-state index contributed by atoms with van der Waals surface area (Å²) in [5.74, 6) is -1.26. The van der Waals surface area contributed by atoms with Crippen molar-refractivity contribution in [3.63, 3.8) is 0 Å². The van der Waals surface area contributed by atoms with E-state index in [4.69, 9.17) is 4.74 Å². The number of para-hydroxylation sites is 1. The van der Waals surface area contributed by atoms with E-state index in [-0.39, 0.29) is 5.82 Å². The number of carboxylic acids is 1. The lowest BCUT2D eigenvalue weighted by Crippen LogP contribution is -2.15. The lowest BCUT2D eigenvalue weighted by molar-refractivity contribution is -0.138. The molecule has 0 aliphatic heterocycles. The molecule has 1 aromatic heterocycles. The summed E-state index contributed by atoms with van der Waals surface area (Å²) in [6.07, 6.45) is 2.01. The molecule has 3 aromatic carbocycles. The van der Waals surface area contributed by atoms with Gasteiger partial charge in [0, 0.05) is 11.6 Å². The predicted octanol–water partition coefficient (Wildman–Crippen LogP) is 5.46. The summed E-state index contributed by atoms with van der Waals surface area (Å²) in [4.78, 5) is 16.3. The van der Waals surface area contributed by atoms with Crippen LogP contribution < -0.4 is 4.74 Å². The fraction of sp³-hybridized carbons (Fsp3) is 0.120. The maximum atomic E-state index is 13.8. The highest BCUT2D eigenvalue weighted by molar-refractivity contribution is 5.94. The molecule has 0 saturated heterocycles. The number of rotatable bonds is 6. The standard InChI is InChI=1S/C25H20FNO3/c1-30-24-5-3-2-4-18(24)14-21(25(28)29)17-8-6-16(7-9-17)20-12-13-27-23-11-10-19(26)15-22(20)23/h2-13,15,21H,14H2,1H3,(H,28,29)/t21-/m1/s1. The van der Waals surface area contributed by atoms with Gasteiger partial charge in [-0.2, -0.15) is 0 Å². The molecular formula is C25H20FNO3. The van der Waals surface area contributed by atoms with Gasteiger partial charge in [0.25, 0.3) is 0 Å². The topological polar surface area (TPSA) is 59.4 Å². The number of hydrogen-bond acceptors (Lipinski definition) is 3. The van der Waals surface area contributed by atoms with E-state index in [1.54, 1.807) is 19.4 Å². The van der Waals surface area contributed by atoms with Crippen LogP contribution in [0.5, 0.6) is 5.75 Å².